The van der Waals surface area contributed by atoms with Crippen molar-refractivity contribution in [2.45, 2.75) is 102 Å². The van der Waals surface area contributed by atoms with E-state index in [0.717, 1.165) is 32.3 Å². The quantitative estimate of drug-likeness (QED) is 0.387. The van der Waals surface area contributed by atoms with Crippen LogP contribution in [0.15, 0.2) is 0 Å². The van der Waals surface area contributed by atoms with Crippen molar-refractivity contribution in [3.8, 4) is 0 Å². The summed E-state index contributed by atoms with van der Waals surface area (Å²) in [7, 11) is 1.65. The maximum Gasteiger partial charge on any atom is 0.407 e. The van der Waals surface area contributed by atoms with E-state index in [1.165, 1.54) is 32.1 Å². The van der Waals surface area contributed by atoms with Crippen molar-refractivity contribution in [1.82, 2.24) is 5.32 Å². The molecule has 2 fully saturated rings. The summed E-state index contributed by atoms with van der Waals surface area (Å²) >= 11 is 0. The first-order valence-corrected chi connectivity index (χ1v) is 11.7. The number of hydrogen-bond acceptors (Lipinski definition) is 6. The van der Waals surface area contributed by atoms with Gasteiger partial charge in [0.1, 0.15) is 18.5 Å². The molecule has 2 rings (SSSR count). The molecule has 1 amide bonds. The lowest BCUT2D eigenvalue weighted by Crippen LogP contribution is -2.53. The first-order chi connectivity index (χ1) is 14.4. The van der Waals surface area contributed by atoms with Crippen LogP contribution >= 0.6 is 0 Å². The average Bonchev–Trinajstić information content (AvgIpc) is 2.70. The lowest BCUT2D eigenvalue weighted by molar-refractivity contribution is -0.161. The van der Waals surface area contributed by atoms with Gasteiger partial charge in [-0.2, -0.15) is 0 Å². The van der Waals surface area contributed by atoms with E-state index >= 15 is 0 Å². The number of carbonyl (C=O) groups is 1. The Balaban J connectivity index is 2.07. The van der Waals surface area contributed by atoms with Gasteiger partial charge in [-0.3, -0.25) is 0 Å². The van der Waals surface area contributed by atoms with Crippen LogP contribution in [0, 0.1) is 5.92 Å². The molecule has 0 spiro atoms. The van der Waals surface area contributed by atoms with Crippen LogP contribution in [0.5, 0.6) is 0 Å². The number of hydrogen-bond donors (Lipinski definition) is 1. The third kappa shape index (κ3) is 9.94. The van der Waals surface area contributed by atoms with Gasteiger partial charge < -0.3 is 29.0 Å². The summed E-state index contributed by atoms with van der Waals surface area (Å²) in [5.41, 5.74) is -0.541. The second kappa shape index (κ2) is 13.5. The maximum absolute atomic E-state index is 12.6. The summed E-state index contributed by atoms with van der Waals surface area (Å²) < 4.78 is 28.4. The second-order valence-electron chi connectivity index (χ2n) is 9.55. The molecule has 0 aromatic heterocycles. The van der Waals surface area contributed by atoms with E-state index in [1.54, 1.807) is 7.11 Å². The third-order valence-electron chi connectivity index (χ3n) is 5.77. The minimum atomic E-state index is -0.541. The highest BCUT2D eigenvalue weighted by Gasteiger charge is 2.36. The van der Waals surface area contributed by atoms with Crippen LogP contribution in [-0.2, 0) is 23.7 Å². The second-order valence-corrected chi connectivity index (χ2v) is 9.55. The Hall–Kier alpha value is -0.890. The van der Waals surface area contributed by atoms with Gasteiger partial charge in [-0.1, -0.05) is 32.1 Å². The highest BCUT2D eigenvalue weighted by Crippen LogP contribution is 2.30. The van der Waals surface area contributed by atoms with Crippen molar-refractivity contribution >= 4 is 6.09 Å². The molecule has 7 nitrogen and oxygen atoms in total. The number of methoxy groups -OCH3 is 1. The van der Waals surface area contributed by atoms with E-state index in [2.05, 4.69) is 5.32 Å². The molecule has 30 heavy (non-hydrogen) atoms. The van der Waals surface area contributed by atoms with Gasteiger partial charge in [-0.05, 0) is 52.4 Å². The van der Waals surface area contributed by atoms with Crippen LogP contribution in [0.2, 0.25) is 0 Å². The number of amides is 1. The highest BCUT2D eigenvalue weighted by molar-refractivity contribution is 5.68. The van der Waals surface area contributed by atoms with E-state index in [9.17, 15) is 4.79 Å². The monoisotopic (exact) mass is 429 g/mol. The number of ether oxygens (including phenoxy) is 5. The van der Waals surface area contributed by atoms with E-state index in [-0.39, 0.29) is 25.0 Å². The minimum Gasteiger partial charge on any atom is -0.444 e. The van der Waals surface area contributed by atoms with Gasteiger partial charge in [0, 0.05) is 13.7 Å². The largest absolute Gasteiger partial charge is 0.444 e. The molecular weight excluding hydrogens is 386 g/mol. The molecule has 0 radical (unpaired) electrons. The fourth-order valence-electron chi connectivity index (χ4n) is 4.35. The summed E-state index contributed by atoms with van der Waals surface area (Å²) in [4.78, 5) is 12.6. The van der Waals surface area contributed by atoms with Crippen LogP contribution in [0.1, 0.15) is 78.6 Å². The fourth-order valence-corrected chi connectivity index (χ4v) is 4.35. The molecule has 0 aromatic carbocycles. The van der Waals surface area contributed by atoms with Crippen LogP contribution in [0.4, 0.5) is 4.79 Å². The van der Waals surface area contributed by atoms with Crippen LogP contribution < -0.4 is 5.32 Å². The summed E-state index contributed by atoms with van der Waals surface area (Å²) in [5, 5.41) is 3.12. The Labute approximate surface area is 182 Å². The summed E-state index contributed by atoms with van der Waals surface area (Å²) in [6.07, 6.45) is 9.51. The standard InChI is InChI=1S/C23H43NO6/c1-23(2,3)30-22(25)24-19(16-18-10-6-5-7-11-18)21(20-12-8-9-13-28-20)29-17-27-15-14-26-4/h18-21H,5-17H2,1-4H3,(H,24,25). The normalized spacial score (nSPS) is 23.0. The highest BCUT2D eigenvalue weighted by atomic mass is 16.7. The fraction of sp³-hybridized carbons (Fsp3) is 0.957. The Morgan fingerprint density at radius 3 is 2.43 bits per heavy atom. The van der Waals surface area contributed by atoms with Crippen molar-refractivity contribution < 1.29 is 28.5 Å². The molecule has 0 bridgehead atoms. The smallest absolute Gasteiger partial charge is 0.407 e. The predicted molar refractivity (Wildman–Crippen MR) is 116 cm³/mol. The lowest BCUT2D eigenvalue weighted by Gasteiger charge is -2.38. The maximum atomic E-state index is 12.6. The molecule has 1 N–H and O–H groups in total. The third-order valence-corrected chi connectivity index (χ3v) is 5.77. The van der Waals surface area contributed by atoms with Gasteiger partial charge in [0.2, 0.25) is 0 Å². The molecular formula is C23H43NO6. The Bertz CT molecular complexity index is 469. The van der Waals surface area contributed by atoms with Crippen molar-refractivity contribution in [2.24, 2.45) is 5.92 Å². The van der Waals surface area contributed by atoms with Gasteiger partial charge in [0.05, 0.1) is 25.4 Å². The van der Waals surface area contributed by atoms with Crippen LogP contribution in [0.3, 0.4) is 0 Å². The Morgan fingerprint density at radius 1 is 1.07 bits per heavy atom. The molecule has 3 unspecified atom stereocenters. The van der Waals surface area contributed by atoms with Gasteiger partial charge in [-0.15, -0.1) is 0 Å². The van der Waals surface area contributed by atoms with Gasteiger partial charge in [0.15, 0.2) is 0 Å². The van der Waals surface area contributed by atoms with Crippen molar-refractivity contribution in [2.75, 3.05) is 33.7 Å². The lowest BCUT2D eigenvalue weighted by atomic mass is 9.82. The molecule has 0 aromatic rings. The number of nitrogens with one attached hydrogen (secondary N) is 1. The van der Waals surface area contributed by atoms with E-state index in [1.807, 2.05) is 20.8 Å². The Kier molecular flexibility index (Phi) is 11.4. The van der Waals surface area contributed by atoms with Gasteiger partial charge in [0.25, 0.3) is 0 Å². The summed E-state index contributed by atoms with van der Waals surface area (Å²) in [5.74, 6) is 0.586. The molecule has 1 saturated heterocycles. The zero-order valence-electron chi connectivity index (χ0n) is 19.5. The molecule has 176 valence electrons. The number of alkyl carbamates (subject to hydrolysis) is 1. The zero-order chi connectivity index (χ0) is 21.8. The van der Waals surface area contributed by atoms with Gasteiger partial charge in [-0.25, -0.2) is 4.79 Å². The Morgan fingerprint density at radius 2 is 1.80 bits per heavy atom. The topological polar surface area (TPSA) is 75.2 Å². The average molecular weight is 430 g/mol. The van der Waals surface area contributed by atoms with Gasteiger partial charge >= 0.3 is 6.09 Å². The summed E-state index contributed by atoms with van der Waals surface area (Å²) in [6, 6.07) is -0.169. The molecule has 1 aliphatic carbocycles. The summed E-state index contributed by atoms with van der Waals surface area (Å²) in [6.45, 7) is 7.53. The first kappa shape index (κ1) is 25.4. The van der Waals surface area contributed by atoms with Crippen molar-refractivity contribution in [1.29, 1.82) is 0 Å². The molecule has 2 aliphatic rings. The number of rotatable bonds is 11. The van der Waals surface area contributed by atoms with E-state index < -0.39 is 11.7 Å². The molecule has 1 heterocycles. The SMILES string of the molecule is COCCOCOC(C(CC1CCCCC1)NC(=O)OC(C)(C)C)C1CCCCO1. The van der Waals surface area contributed by atoms with Crippen molar-refractivity contribution in [3.63, 3.8) is 0 Å². The molecule has 1 saturated carbocycles. The minimum absolute atomic E-state index is 0.0479. The number of carbonyl (C=O) groups excluding carboxylic acids is 1. The van der Waals surface area contributed by atoms with Crippen LogP contribution in [-0.4, -0.2) is 63.7 Å². The predicted octanol–water partition coefficient (Wildman–Crippen LogP) is 4.42. The molecule has 7 heteroatoms. The van der Waals surface area contributed by atoms with Crippen molar-refractivity contribution in [3.05, 3.63) is 0 Å². The molecule has 1 aliphatic heterocycles. The van der Waals surface area contributed by atoms with Crippen LogP contribution in [0.25, 0.3) is 0 Å². The van der Waals surface area contributed by atoms with E-state index in [0.29, 0.717) is 19.1 Å². The first-order valence-electron chi connectivity index (χ1n) is 11.7. The zero-order valence-corrected chi connectivity index (χ0v) is 19.5. The molecule has 3 atom stereocenters. The van der Waals surface area contributed by atoms with E-state index in [4.69, 9.17) is 23.7 Å².